The van der Waals surface area contributed by atoms with Gasteiger partial charge in [-0.2, -0.15) is 0 Å². The van der Waals surface area contributed by atoms with E-state index in [4.69, 9.17) is 0 Å². The molecule has 3 heteroatoms. The van der Waals surface area contributed by atoms with Crippen LogP contribution in [0.4, 0.5) is 0 Å². The Balaban J connectivity index is 2.79. The minimum Gasteiger partial charge on any atom is -0.218 e. The summed E-state index contributed by atoms with van der Waals surface area (Å²) >= 11 is 0. The number of hydrogen-bond acceptors (Lipinski definition) is 2. The topological polar surface area (TPSA) is 34.1 Å². The fourth-order valence-corrected chi connectivity index (χ4v) is 5.13. The van der Waals surface area contributed by atoms with Gasteiger partial charge in [0.1, 0.15) is 0 Å². The van der Waals surface area contributed by atoms with E-state index in [0.717, 1.165) is 22.3 Å². The molecule has 0 bridgehead atoms. The van der Waals surface area contributed by atoms with Crippen LogP contribution in [0.15, 0.2) is 46.2 Å². The Morgan fingerprint density at radius 1 is 0.864 bits per heavy atom. The maximum atomic E-state index is 13.3. The fourth-order valence-electron chi connectivity index (χ4n) is 3.02. The molecule has 0 unspecified atom stereocenters. The third kappa shape index (κ3) is 2.95. The molecule has 0 aromatic heterocycles. The summed E-state index contributed by atoms with van der Waals surface area (Å²) in [5.41, 5.74) is 3.32. The van der Waals surface area contributed by atoms with Crippen molar-refractivity contribution < 1.29 is 8.42 Å². The van der Waals surface area contributed by atoms with E-state index in [1.165, 1.54) is 0 Å². The standard InChI is InChI=1S/C19H24O2S/c1-13-11-14(2)18(15(3)12-13)22(20,21)17-10-8-7-9-16(17)19(4,5)6/h7-12H,1-6H3. The van der Waals surface area contributed by atoms with E-state index in [1.54, 1.807) is 12.1 Å². The summed E-state index contributed by atoms with van der Waals surface area (Å²) in [5, 5.41) is 0. The highest BCUT2D eigenvalue weighted by Gasteiger charge is 2.28. The molecule has 0 radical (unpaired) electrons. The van der Waals surface area contributed by atoms with E-state index in [1.807, 2.05) is 65.8 Å². The molecule has 2 aromatic rings. The summed E-state index contributed by atoms with van der Waals surface area (Å²) in [6.07, 6.45) is 0. The molecule has 0 aliphatic carbocycles. The Hall–Kier alpha value is -1.61. The molecular formula is C19H24O2S. The van der Waals surface area contributed by atoms with Crippen molar-refractivity contribution in [3.05, 3.63) is 58.7 Å². The van der Waals surface area contributed by atoms with Crippen LogP contribution >= 0.6 is 0 Å². The summed E-state index contributed by atoms with van der Waals surface area (Å²) in [4.78, 5) is 0.854. The van der Waals surface area contributed by atoms with Gasteiger partial charge in [-0.15, -0.1) is 0 Å². The van der Waals surface area contributed by atoms with Gasteiger partial charge in [0.05, 0.1) is 9.79 Å². The van der Waals surface area contributed by atoms with Gasteiger partial charge >= 0.3 is 0 Å². The SMILES string of the molecule is Cc1cc(C)c(S(=O)(=O)c2ccccc2C(C)(C)C)c(C)c1. The zero-order chi connectivity index (χ0) is 16.7. The summed E-state index contributed by atoms with van der Waals surface area (Å²) in [6.45, 7) is 11.8. The lowest BCUT2D eigenvalue weighted by Gasteiger charge is -2.23. The molecule has 0 aliphatic rings. The van der Waals surface area contributed by atoms with Crippen molar-refractivity contribution in [3.8, 4) is 0 Å². The van der Waals surface area contributed by atoms with Crippen molar-refractivity contribution in [2.75, 3.05) is 0 Å². The quantitative estimate of drug-likeness (QED) is 0.802. The maximum Gasteiger partial charge on any atom is 0.207 e. The van der Waals surface area contributed by atoms with Crippen LogP contribution in [-0.2, 0) is 15.3 Å². The zero-order valence-corrected chi connectivity index (χ0v) is 15.0. The molecule has 0 saturated carbocycles. The Bertz CT molecular complexity index is 787. The van der Waals surface area contributed by atoms with E-state index >= 15 is 0 Å². The molecule has 0 spiro atoms. The summed E-state index contributed by atoms with van der Waals surface area (Å²) in [5.74, 6) is 0. The van der Waals surface area contributed by atoms with Gasteiger partial charge < -0.3 is 0 Å². The number of benzene rings is 2. The first-order chi connectivity index (χ1) is 10.0. The van der Waals surface area contributed by atoms with E-state index in [9.17, 15) is 8.42 Å². The van der Waals surface area contributed by atoms with E-state index in [2.05, 4.69) is 0 Å². The molecule has 22 heavy (non-hydrogen) atoms. The summed E-state index contributed by atoms with van der Waals surface area (Å²) in [7, 11) is -3.53. The molecule has 0 aliphatic heterocycles. The monoisotopic (exact) mass is 316 g/mol. The second kappa shape index (κ2) is 5.54. The molecule has 0 amide bonds. The largest absolute Gasteiger partial charge is 0.218 e. The van der Waals surface area contributed by atoms with Crippen LogP contribution in [0.2, 0.25) is 0 Å². The predicted octanol–water partition coefficient (Wildman–Crippen LogP) is 4.74. The minimum atomic E-state index is -3.53. The first-order valence-corrected chi connectivity index (χ1v) is 8.96. The van der Waals surface area contributed by atoms with E-state index in [-0.39, 0.29) is 5.41 Å². The van der Waals surface area contributed by atoms with Gasteiger partial charge in [0.25, 0.3) is 0 Å². The molecule has 118 valence electrons. The van der Waals surface area contributed by atoms with Crippen LogP contribution in [0.3, 0.4) is 0 Å². The van der Waals surface area contributed by atoms with E-state index < -0.39 is 9.84 Å². The van der Waals surface area contributed by atoms with Gasteiger partial charge in [-0.3, -0.25) is 0 Å². The molecule has 2 rings (SSSR count). The lowest BCUT2D eigenvalue weighted by atomic mass is 9.87. The van der Waals surface area contributed by atoms with E-state index in [0.29, 0.717) is 9.79 Å². The summed E-state index contributed by atoms with van der Waals surface area (Å²) < 4.78 is 26.5. The first-order valence-electron chi connectivity index (χ1n) is 7.47. The van der Waals surface area contributed by atoms with Crippen molar-refractivity contribution in [1.82, 2.24) is 0 Å². The van der Waals surface area contributed by atoms with Crippen LogP contribution in [0.25, 0.3) is 0 Å². The predicted molar refractivity (Wildman–Crippen MR) is 91.2 cm³/mol. The fraction of sp³-hybridized carbons (Fsp3) is 0.368. The van der Waals surface area contributed by atoms with Crippen LogP contribution in [0, 0.1) is 20.8 Å². The third-order valence-electron chi connectivity index (χ3n) is 3.86. The second-order valence-corrected chi connectivity index (χ2v) is 8.83. The van der Waals surface area contributed by atoms with Crippen LogP contribution < -0.4 is 0 Å². The maximum absolute atomic E-state index is 13.3. The molecular weight excluding hydrogens is 292 g/mol. The smallest absolute Gasteiger partial charge is 0.207 e. The van der Waals surface area contributed by atoms with Gasteiger partial charge in [0, 0.05) is 0 Å². The van der Waals surface area contributed by atoms with Crippen LogP contribution in [0.1, 0.15) is 43.0 Å². The van der Waals surface area contributed by atoms with Gasteiger partial charge in [-0.05, 0) is 48.9 Å². The van der Waals surface area contributed by atoms with Crippen molar-refractivity contribution in [2.45, 2.75) is 56.7 Å². The molecule has 0 fully saturated rings. The molecule has 0 atom stereocenters. The molecule has 0 N–H and O–H groups in total. The van der Waals surface area contributed by atoms with Crippen molar-refractivity contribution >= 4 is 9.84 Å². The number of aryl methyl sites for hydroxylation is 3. The second-order valence-electron chi connectivity index (χ2n) is 6.98. The van der Waals surface area contributed by atoms with Crippen LogP contribution in [0.5, 0.6) is 0 Å². The van der Waals surface area contributed by atoms with Crippen molar-refractivity contribution in [2.24, 2.45) is 0 Å². The zero-order valence-electron chi connectivity index (χ0n) is 14.2. The Kier molecular flexibility index (Phi) is 4.22. The molecule has 0 heterocycles. The summed E-state index contributed by atoms with van der Waals surface area (Å²) in [6, 6.07) is 11.2. The normalized spacial score (nSPS) is 12.5. The average Bonchev–Trinajstić information content (AvgIpc) is 2.36. The number of sulfone groups is 1. The first kappa shape index (κ1) is 16.8. The molecule has 2 nitrogen and oxygen atoms in total. The Morgan fingerprint density at radius 3 is 1.86 bits per heavy atom. The van der Waals surface area contributed by atoms with Crippen molar-refractivity contribution in [1.29, 1.82) is 0 Å². The average molecular weight is 316 g/mol. The Morgan fingerprint density at radius 2 is 1.36 bits per heavy atom. The number of hydrogen-bond donors (Lipinski definition) is 0. The van der Waals surface area contributed by atoms with Gasteiger partial charge in [0.15, 0.2) is 0 Å². The lowest BCUT2D eigenvalue weighted by Crippen LogP contribution is -2.18. The third-order valence-corrected chi connectivity index (χ3v) is 5.97. The highest BCUT2D eigenvalue weighted by Crippen LogP contribution is 2.34. The van der Waals surface area contributed by atoms with Gasteiger partial charge in [-0.1, -0.05) is 56.7 Å². The molecule has 0 saturated heterocycles. The van der Waals surface area contributed by atoms with Gasteiger partial charge in [-0.25, -0.2) is 8.42 Å². The highest BCUT2D eigenvalue weighted by atomic mass is 32.2. The van der Waals surface area contributed by atoms with Crippen LogP contribution in [-0.4, -0.2) is 8.42 Å². The lowest BCUT2D eigenvalue weighted by molar-refractivity contribution is 0.561. The highest BCUT2D eigenvalue weighted by molar-refractivity contribution is 7.91. The molecule has 2 aromatic carbocycles. The minimum absolute atomic E-state index is 0.226. The number of rotatable bonds is 2. The Labute approximate surface area is 134 Å². The van der Waals surface area contributed by atoms with Crippen molar-refractivity contribution in [3.63, 3.8) is 0 Å². The van der Waals surface area contributed by atoms with Gasteiger partial charge in [0.2, 0.25) is 9.84 Å².